The van der Waals surface area contributed by atoms with E-state index in [1.54, 1.807) is 0 Å². The highest BCUT2D eigenvalue weighted by molar-refractivity contribution is 5.40. The number of hydrogen-bond donors (Lipinski definition) is 2. The second-order valence-corrected chi connectivity index (χ2v) is 5.98. The van der Waals surface area contributed by atoms with E-state index < -0.39 is 0 Å². The van der Waals surface area contributed by atoms with Crippen molar-refractivity contribution in [2.75, 3.05) is 32.0 Å². The largest absolute Gasteiger partial charge is 0.399 e. The van der Waals surface area contributed by atoms with Crippen LogP contribution in [0.5, 0.6) is 0 Å². The number of hydrogen-bond acceptors (Lipinski definition) is 3. The van der Waals surface area contributed by atoms with E-state index in [9.17, 15) is 0 Å². The molecule has 1 atom stereocenters. The van der Waals surface area contributed by atoms with Gasteiger partial charge in [0.1, 0.15) is 0 Å². The van der Waals surface area contributed by atoms with Gasteiger partial charge in [0.2, 0.25) is 0 Å². The molecule has 20 heavy (non-hydrogen) atoms. The first-order valence-electron chi connectivity index (χ1n) is 7.89. The Kier molecular flexibility index (Phi) is 6.34. The first-order valence-corrected chi connectivity index (χ1v) is 7.89. The highest BCUT2D eigenvalue weighted by atomic mass is 16.5. The van der Waals surface area contributed by atoms with E-state index in [4.69, 9.17) is 10.5 Å². The molecule has 2 rings (SSSR count). The van der Waals surface area contributed by atoms with Gasteiger partial charge in [0.25, 0.3) is 0 Å². The number of anilines is 1. The lowest BCUT2D eigenvalue weighted by molar-refractivity contribution is 0.122. The molecule has 1 unspecified atom stereocenters. The lowest BCUT2D eigenvalue weighted by Gasteiger charge is -2.12. The van der Waals surface area contributed by atoms with Crippen LogP contribution >= 0.6 is 0 Å². The van der Waals surface area contributed by atoms with E-state index >= 15 is 0 Å². The molecule has 3 nitrogen and oxygen atoms in total. The molecular weight excluding hydrogens is 248 g/mol. The van der Waals surface area contributed by atoms with Crippen molar-refractivity contribution in [2.24, 2.45) is 5.92 Å². The van der Waals surface area contributed by atoms with Gasteiger partial charge in [0.15, 0.2) is 0 Å². The van der Waals surface area contributed by atoms with Gasteiger partial charge in [-0.2, -0.15) is 0 Å². The van der Waals surface area contributed by atoms with Crippen molar-refractivity contribution < 1.29 is 4.74 Å². The summed E-state index contributed by atoms with van der Waals surface area (Å²) in [6.07, 6.45) is 5.03. The molecule has 1 fully saturated rings. The predicted octanol–water partition coefficient (Wildman–Crippen LogP) is 3.17. The molecule has 0 bridgehead atoms. The minimum Gasteiger partial charge on any atom is -0.399 e. The zero-order chi connectivity index (χ0) is 14.2. The first-order chi connectivity index (χ1) is 9.75. The van der Waals surface area contributed by atoms with Gasteiger partial charge in [-0.25, -0.2) is 0 Å². The summed E-state index contributed by atoms with van der Waals surface area (Å²) >= 11 is 0. The van der Waals surface area contributed by atoms with Crippen molar-refractivity contribution >= 4 is 5.69 Å². The lowest BCUT2D eigenvalue weighted by atomic mass is 9.98. The first kappa shape index (κ1) is 15.3. The summed E-state index contributed by atoms with van der Waals surface area (Å²) < 4.78 is 5.61. The molecule has 3 heteroatoms. The topological polar surface area (TPSA) is 47.3 Å². The molecule has 0 saturated heterocycles. The van der Waals surface area contributed by atoms with Crippen LogP contribution in [0.4, 0.5) is 5.69 Å². The van der Waals surface area contributed by atoms with Gasteiger partial charge in [0, 0.05) is 18.9 Å². The Morgan fingerprint density at radius 1 is 1.25 bits per heavy atom. The number of nitrogens with two attached hydrogens (primary N) is 1. The van der Waals surface area contributed by atoms with Crippen LogP contribution in [0.25, 0.3) is 0 Å². The Morgan fingerprint density at radius 3 is 2.70 bits per heavy atom. The van der Waals surface area contributed by atoms with E-state index in [0.29, 0.717) is 5.92 Å². The van der Waals surface area contributed by atoms with Gasteiger partial charge in [-0.15, -0.1) is 0 Å². The molecule has 0 spiro atoms. The molecule has 0 radical (unpaired) electrons. The summed E-state index contributed by atoms with van der Waals surface area (Å²) in [5.74, 6) is 1.46. The van der Waals surface area contributed by atoms with E-state index in [0.717, 1.165) is 50.8 Å². The summed E-state index contributed by atoms with van der Waals surface area (Å²) in [6.45, 7) is 6.27. The maximum Gasteiger partial charge on any atom is 0.0494 e. The third kappa shape index (κ3) is 5.93. The number of nitrogen functional groups attached to an aromatic ring is 1. The Bertz CT molecular complexity index is 373. The summed E-state index contributed by atoms with van der Waals surface area (Å²) in [6, 6.07) is 8.23. The van der Waals surface area contributed by atoms with E-state index in [1.807, 2.05) is 12.1 Å². The van der Waals surface area contributed by atoms with Crippen LogP contribution in [0.3, 0.4) is 0 Å². The molecule has 1 aromatic rings. The number of ether oxygens (including phenoxy) is 1. The Morgan fingerprint density at radius 2 is 2.00 bits per heavy atom. The third-order valence-corrected chi connectivity index (χ3v) is 3.95. The van der Waals surface area contributed by atoms with Crippen molar-refractivity contribution in [3.8, 4) is 0 Å². The maximum atomic E-state index is 5.70. The van der Waals surface area contributed by atoms with Crippen LogP contribution in [0.15, 0.2) is 24.3 Å². The highest BCUT2D eigenvalue weighted by Gasteiger charge is 2.20. The average molecular weight is 276 g/mol. The molecule has 1 aliphatic carbocycles. The van der Waals surface area contributed by atoms with Crippen LogP contribution in [-0.2, 0) is 4.74 Å². The normalized spacial score (nSPS) is 16.2. The quantitative estimate of drug-likeness (QED) is 0.510. The van der Waals surface area contributed by atoms with Gasteiger partial charge in [0.05, 0.1) is 0 Å². The molecular formula is C17H28N2O. The monoisotopic (exact) mass is 276 g/mol. The Balaban J connectivity index is 1.46. The molecule has 0 aliphatic heterocycles. The Hall–Kier alpha value is -1.06. The van der Waals surface area contributed by atoms with Gasteiger partial charge < -0.3 is 15.8 Å². The molecule has 1 aliphatic rings. The second kappa shape index (κ2) is 8.28. The fourth-order valence-electron chi connectivity index (χ4n) is 2.27. The summed E-state index contributed by atoms with van der Waals surface area (Å²) in [5.41, 5.74) is 7.91. The summed E-state index contributed by atoms with van der Waals surface area (Å²) in [7, 11) is 0. The van der Waals surface area contributed by atoms with Crippen LogP contribution in [0.1, 0.15) is 44.1 Å². The van der Waals surface area contributed by atoms with Gasteiger partial charge in [-0.3, -0.25) is 0 Å². The Labute approximate surface area is 122 Å². The fourth-order valence-corrected chi connectivity index (χ4v) is 2.27. The third-order valence-electron chi connectivity index (χ3n) is 3.95. The molecule has 1 saturated carbocycles. The second-order valence-electron chi connectivity index (χ2n) is 5.98. The molecule has 1 aromatic carbocycles. The van der Waals surface area contributed by atoms with Crippen molar-refractivity contribution in [1.29, 1.82) is 0 Å². The minimum atomic E-state index is 0.578. The van der Waals surface area contributed by atoms with Gasteiger partial charge in [-0.05, 0) is 68.3 Å². The van der Waals surface area contributed by atoms with Crippen LogP contribution < -0.4 is 11.1 Å². The molecule has 0 aromatic heterocycles. The van der Waals surface area contributed by atoms with Crippen LogP contribution in [-0.4, -0.2) is 26.3 Å². The van der Waals surface area contributed by atoms with Crippen molar-refractivity contribution in [3.63, 3.8) is 0 Å². The minimum absolute atomic E-state index is 0.578. The van der Waals surface area contributed by atoms with E-state index in [-0.39, 0.29) is 0 Å². The predicted molar refractivity (Wildman–Crippen MR) is 84.9 cm³/mol. The van der Waals surface area contributed by atoms with Crippen LogP contribution in [0, 0.1) is 5.92 Å². The molecule has 0 heterocycles. The smallest absolute Gasteiger partial charge is 0.0494 e. The van der Waals surface area contributed by atoms with Gasteiger partial charge in [-0.1, -0.05) is 19.1 Å². The molecule has 112 valence electrons. The van der Waals surface area contributed by atoms with Crippen molar-refractivity contribution in [3.05, 3.63) is 29.8 Å². The molecule has 0 amide bonds. The van der Waals surface area contributed by atoms with E-state index in [1.165, 1.54) is 18.4 Å². The lowest BCUT2D eigenvalue weighted by Crippen LogP contribution is -2.19. The number of benzene rings is 1. The van der Waals surface area contributed by atoms with Gasteiger partial charge >= 0.3 is 0 Å². The fraction of sp³-hybridized carbons (Fsp3) is 0.647. The van der Waals surface area contributed by atoms with Crippen LogP contribution in [0.2, 0.25) is 0 Å². The summed E-state index contributed by atoms with van der Waals surface area (Å²) in [5, 5.41) is 3.50. The van der Waals surface area contributed by atoms with Crippen molar-refractivity contribution in [2.45, 2.75) is 38.5 Å². The zero-order valence-electron chi connectivity index (χ0n) is 12.6. The highest BCUT2D eigenvalue weighted by Crippen LogP contribution is 2.28. The maximum absolute atomic E-state index is 5.70. The van der Waals surface area contributed by atoms with E-state index in [2.05, 4.69) is 24.4 Å². The summed E-state index contributed by atoms with van der Waals surface area (Å²) in [4.78, 5) is 0. The SMILES string of the molecule is CC(CCNCCCOCC1CC1)c1ccc(N)cc1. The molecule has 3 N–H and O–H groups in total. The zero-order valence-corrected chi connectivity index (χ0v) is 12.6. The number of rotatable bonds is 10. The number of nitrogens with one attached hydrogen (secondary N) is 1. The standard InChI is InChI=1S/C17H28N2O/c1-14(16-5-7-17(18)8-6-16)9-11-19-10-2-12-20-13-15-3-4-15/h5-8,14-15,19H,2-4,9-13,18H2,1H3. The van der Waals surface area contributed by atoms with Crippen molar-refractivity contribution in [1.82, 2.24) is 5.32 Å². The average Bonchev–Trinajstić information content (AvgIpc) is 3.26.